The van der Waals surface area contributed by atoms with E-state index in [4.69, 9.17) is 5.73 Å². The van der Waals surface area contributed by atoms with Crippen LogP contribution in [0.1, 0.15) is 33.6 Å². The molecule has 0 aromatic carbocycles. The highest BCUT2D eigenvalue weighted by Crippen LogP contribution is 2.20. The summed E-state index contributed by atoms with van der Waals surface area (Å²) in [5, 5.41) is 2.85. The second-order valence-corrected chi connectivity index (χ2v) is 5.96. The van der Waals surface area contributed by atoms with Crippen molar-refractivity contribution >= 4 is 17.7 Å². The molecule has 0 atom stereocenters. The summed E-state index contributed by atoms with van der Waals surface area (Å²) in [6.45, 7) is 7.97. The molecular formula is C11H24N2OS. The van der Waals surface area contributed by atoms with Gasteiger partial charge in [-0.15, -0.1) is 0 Å². The van der Waals surface area contributed by atoms with Crippen molar-refractivity contribution in [3.63, 3.8) is 0 Å². The minimum absolute atomic E-state index is 0.143. The molecular weight excluding hydrogens is 208 g/mol. The molecule has 0 unspecified atom stereocenters. The maximum atomic E-state index is 11.3. The van der Waals surface area contributed by atoms with Crippen molar-refractivity contribution in [1.29, 1.82) is 0 Å². The Kier molecular flexibility index (Phi) is 7.88. The van der Waals surface area contributed by atoms with Crippen LogP contribution in [0.15, 0.2) is 0 Å². The number of carbonyl (C=O) groups is 1. The predicted molar refractivity (Wildman–Crippen MR) is 68.1 cm³/mol. The van der Waals surface area contributed by atoms with Gasteiger partial charge in [0.25, 0.3) is 0 Å². The third-order valence-electron chi connectivity index (χ3n) is 1.71. The Hall–Kier alpha value is -0.220. The minimum Gasteiger partial charge on any atom is -0.356 e. The van der Waals surface area contributed by atoms with E-state index in [0.29, 0.717) is 24.9 Å². The number of carbonyl (C=O) groups excluding carboxylic acids is 1. The molecule has 3 nitrogen and oxygen atoms in total. The number of hydrogen-bond acceptors (Lipinski definition) is 3. The van der Waals surface area contributed by atoms with Crippen LogP contribution in [0, 0.1) is 5.41 Å². The van der Waals surface area contributed by atoms with E-state index in [1.807, 2.05) is 11.8 Å². The average molecular weight is 232 g/mol. The lowest BCUT2D eigenvalue weighted by molar-refractivity contribution is -0.120. The first kappa shape index (κ1) is 14.8. The van der Waals surface area contributed by atoms with Gasteiger partial charge in [-0.25, -0.2) is 0 Å². The summed E-state index contributed by atoms with van der Waals surface area (Å²) in [5.74, 6) is 2.15. The van der Waals surface area contributed by atoms with Gasteiger partial charge in [-0.1, -0.05) is 20.8 Å². The van der Waals surface area contributed by atoms with E-state index in [-0.39, 0.29) is 5.91 Å². The molecule has 0 aliphatic carbocycles. The zero-order chi connectivity index (χ0) is 11.7. The number of amides is 1. The van der Waals surface area contributed by atoms with E-state index in [9.17, 15) is 4.79 Å². The number of nitrogens with one attached hydrogen (secondary N) is 1. The highest BCUT2D eigenvalue weighted by Gasteiger charge is 2.10. The molecule has 0 saturated carbocycles. The number of thioether (sulfide) groups is 1. The molecule has 1 amide bonds. The first-order valence-electron chi connectivity index (χ1n) is 5.50. The van der Waals surface area contributed by atoms with Crippen molar-refractivity contribution < 1.29 is 4.79 Å². The van der Waals surface area contributed by atoms with Crippen LogP contribution >= 0.6 is 11.8 Å². The van der Waals surface area contributed by atoms with Crippen molar-refractivity contribution in [3.8, 4) is 0 Å². The van der Waals surface area contributed by atoms with E-state index in [0.717, 1.165) is 17.9 Å². The zero-order valence-corrected chi connectivity index (χ0v) is 11.0. The van der Waals surface area contributed by atoms with Crippen LogP contribution in [0.2, 0.25) is 0 Å². The third kappa shape index (κ3) is 11.7. The van der Waals surface area contributed by atoms with Gasteiger partial charge < -0.3 is 11.1 Å². The molecule has 0 spiro atoms. The lowest BCUT2D eigenvalue weighted by atomic mass is 10.0. The SMILES string of the molecule is CC(C)(C)CSCCC(=O)NCCCN. The molecule has 0 radical (unpaired) electrons. The quantitative estimate of drug-likeness (QED) is 0.656. The maximum Gasteiger partial charge on any atom is 0.220 e. The van der Waals surface area contributed by atoms with Gasteiger partial charge in [0.15, 0.2) is 0 Å². The highest BCUT2D eigenvalue weighted by atomic mass is 32.2. The molecule has 0 heterocycles. The summed E-state index contributed by atoms with van der Waals surface area (Å²) in [7, 11) is 0. The Morgan fingerprint density at radius 2 is 2.07 bits per heavy atom. The number of rotatable bonds is 7. The topological polar surface area (TPSA) is 55.1 Å². The van der Waals surface area contributed by atoms with Crippen LogP contribution in [0.25, 0.3) is 0 Å². The molecule has 4 heteroatoms. The fourth-order valence-electron chi connectivity index (χ4n) is 0.961. The van der Waals surface area contributed by atoms with Crippen molar-refractivity contribution in [2.45, 2.75) is 33.6 Å². The third-order valence-corrected chi connectivity index (χ3v) is 3.27. The Bertz CT molecular complexity index is 178. The average Bonchev–Trinajstić information content (AvgIpc) is 2.11. The molecule has 90 valence electrons. The molecule has 0 aromatic heterocycles. The van der Waals surface area contributed by atoms with Gasteiger partial charge in [-0.2, -0.15) is 11.8 Å². The van der Waals surface area contributed by atoms with E-state index in [1.165, 1.54) is 0 Å². The van der Waals surface area contributed by atoms with Gasteiger partial charge in [-0.05, 0) is 24.1 Å². The molecule has 0 saturated heterocycles. The Morgan fingerprint density at radius 3 is 2.60 bits per heavy atom. The molecule has 0 aliphatic heterocycles. The second kappa shape index (κ2) is 7.99. The first-order valence-corrected chi connectivity index (χ1v) is 6.66. The number of hydrogen-bond donors (Lipinski definition) is 2. The van der Waals surface area contributed by atoms with Gasteiger partial charge >= 0.3 is 0 Å². The predicted octanol–water partition coefficient (Wildman–Crippen LogP) is 1.62. The summed E-state index contributed by atoms with van der Waals surface area (Å²) in [6, 6.07) is 0. The fourth-order valence-corrected chi connectivity index (χ4v) is 2.05. The van der Waals surface area contributed by atoms with Crippen LogP contribution in [0.4, 0.5) is 0 Å². The van der Waals surface area contributed by atoms with Gasteiger partial charge in [-0.3, -0.25) is 4.79 Å². The standard InChI is InChI=1S/C11H24N2OS/c1-11(2,3)9-15-8-5-10(14)13-7-4-6-12/h4-9,12H2,1-3H3,(H,13,14). The van der Waals surface area contributed by atoms with Crippen molar-refractivity contribution in [1.82, 2.24) is 5.32 Å². The molecule has 0 fully saturated rings. The van der Waals surface area contributed by atoms with E-state index < -0.39 is 0 Å². The minimum atomic E-state index is 0.143. The van der Waals surface area contributed by atoms with Crippen LogP contribution in [0.5, 0.6) is 0 Å². The monoisotopic (exact) mass is 232 g/mol. The van der Waals surface area contributed by atoms with Crippen molar-refractivity contribution in [2.75, 3.05) is 24.6 Å². The molecule has 3 N–H and O–H groups in total. The van der Waals surface area contributed by atoms with Gasteiger partial charge in [0, 0.05) is 18.7 Å². The summed E-state index contributed by atoms with van der Waals surface area (Å²) < 4.78 is 0. The van der Waals surface area contributed by atoms with E-state index in [2.05, 4.69) is 26.1 Å². The summed E-state index contributed by atoms with van der Waals surface area (Å²) >= 11 is 1.84. The molecule has 0 rings (SSSR count). The lowest BCUT2D eigenvalue weighted by Crippen LogP contribution is -2.26. The van der Waals surface area contributed by atoms with Gasteiger partial charge in [0.05, 0.1) is 0 Å². The Morgan fingerprint density at radius 1 is 1.40 bits per heavy atom. The van der Waals surface area contributed by atoms with E-state index >= 15 is 0 Å². The van der Waals surface area contributed by atoms with Crippen LogP contribution in [0.3, 0.4) is 0 Å². The molecule has 0 aliphatic rings. The Labute approximate surface area is 97.6 Å². The van der Waals surface area contributed by atoms with Crippen LogP contribution in [-0.2, 0) is 4.79 Å². The molecule has 0 aromatic rings. The van der Waals surface area contributed by atoms with Crippen LogP contribution < -0.4 is 11.1 Å². The van der Waals surface area contributed by atoms with Crippen molar-refractivity contribution in [2.24, 2.45) is 11.1 Å². The summed E-state index contributed by atoms with van der Waals surface area (Å²) in [4.78, 5) is 11.3. The zero-order valence-electron chi connectivity index (χ0n) is 10.1. The highest BCUT2D eigenvalue weighted by molar-refractivity contribution is 7.99. The molecule has 15 heavy (non-hydrogen) atoms. The number of nitrogens with two attached hydrogens (primary N) is 1. The molecule has 0 bridgehead atoms. The van der Waals surface area contributed by atoms with Crippen LogP contribution in [-0.4, -0.2) is 30.5 Å². The smallest absolute Gasteiger partial charge is 0.220 e. The first-order chi connectivity index (χ1) is 6.95. The van der Waals surface area contributed by atoms with Gasteiger partial charge in [0.2, 0.25) is 5.91 Å². The second-order valence-electron chi connectivity index (χ2n) is 4.86. The normalized spacial score (nSPS) is 11.5. The maximum absolute atomic E-state index is 11.3. The Balaban J connectivity index is 3.32. The lowest BCUT2D eigenvalue weighted by Gasteiger charge is -2.16. The fraction of sp³-hybridized carbons (Fsp3) is 0.909. The summed E-state index contributed by atoms with van der Waals surface area (Å²) in [6.07, 6.45) is 1.48. The largest absolute Gasteiger partial charge is 0.356 e. The summed E-state index contributed by atoms with van der Waals surface area (Å²) in [5.41, 5.74) is 5.68. The van der Waals surface area contributed by atoms with E-state index in [1.54, 1.807) is 0 Å². The van der Waals surface area contributed by atoms with Crippen molar-refractivity contribution in [3.05, 3.63) is 0 Å². The van der Waals surface area contributed by atoms with Gasteiger partial charge in [0.1, 0.15) is 0 Å².